The van der Waals surface area contributed by atoms with Crippen molar-refractivity contribution in [1.29, 1.82) is 0 Å². The van der Waals surface area contributed by atoms with Gasteiger partial charge in [-0.25, -0.2) is 9.78 Å². The molecule has 20 heavy (non-hydrogen) atoms. The summed E-state index contributed by atoms with van der Waals surface area (Å²) < 4.78 is 9.96. The lowest BCUT2D eigenvalue weighted by molar-refractivity contribution is -0.384. The minimum Gasteiger partial charge on any atom is -0.467 e. The molecule has 0 saturated carbocycles. The van der Waals surface area contributed by atoms with Crippen molar-refractivity contribution < 1.29 is 19.2 Å². The zero-order valence-corrected chi connectivity index (χ0v) is 11.2. The van der Waals surface area contributed by atoms with Crippen LogP contribution in [0.25, 0.3) is 0 Å². The first-order valence-electron chi connectivity index (χ1n) is 6.09. The molecule has 0 spiro atoms. The third-order valence-corrected chi connectivity index (χ3v) is 3.06. The summed E-state index contributed by atoms with van der Waals surface area (Å²) in [6.45, 7) is 2.58. The van der Waals surface area contributed by atoms with Gasteiger partial charge in [-0.2, -0.15) is 0 Å². The molecule has 8 heteroatoms. The van der Waals surface area contributed by atoms with E-state index in [1.165, 1.54) is 13.2 Å². The van der Waals surface area contributed by atoms with Crippen LogP contribution >= 0.6 is 0 Å². The number of rotatable bonds is 3. The molecule has 1 unspecified atom stereocenters. The number of anilines is 1. The van der Waals surface area contributed by atoms with Crippen molar-refractivity contribution >= 4 is 17.5 Å². The van der Waals surface area contributed by atoms with Crippen LogP contribution in [0, 0.1) is 17.0 Å². The van der Waals surface area contributed by atoms with Crippen LogP contribution in [0.3, 0.4) is 0 Å². The van der Waals surface area contributed by atoms with Crippen LogP contribution < -0.4 is 4.90 Å². The fraction of sp³-hybridized carbons (Fsp3) is 0.500. The monoisotopic (exact) mass is 281 g/mol. The van der Waals surface area contributed by atoms with Crippen molar-refractivity contribution in [1.82, 2.24) is 4.98 Å². The first-order valence-corrected chi connectivity index (χ1v) is 6.09. The molecular formula is C12H15N3O5. The molecule has 0 aliphatic carbocycles. The maximum atomic E-state index is 11.8. The second-order valence-electron chi connectivity index (χ2n) is 4.36. The molecule has 1 aromatic rings. The highest BCUT2D eigenvalue weighted by Crippen LogP contribution is 2.29. The zero-order chi connectivity index (χ0) is 14.7. The Balaban J connectivity index is 2.44. The molecule has 0 bridgehead atoms. The van der Waals surface area contributed by atoms with Crippen LogP contribution in [0.15, 0.2) is 12.1 Å². The van der Waals surface area contributed by atoms with Crippen LogP contribution in [-0.4, -0.2) is 48.8 Å². The number of aryl methyl sites for hydroxylation is 1. The van der Waals surface area contributed by atoms with E-state index in [2.05, 4.69) is 4.98 Å². The standard InChI is InChI=1S/C12H15N3O5/c1-8-3-4-9(15(17)18)11(13-8)14-5-6-20-7-10(14)12(16)19-2/h3-4,10H,5-7H2,1-2H3. The normalized spacial score (nSPS) is 18.7. The molecule has 2 rings (SSSR count). The molecule has 8 nitrogen and oxygen atoms in total. The Bertz CT molecular complexity index is 534. The highest BCUT2D eigenvalue weighted by molar-refractivity contribution is 5.81. The topological polar surface area (TPSA) is 94.8 Å². The second-order valence-corrected chi connectivity index (χ2v) is 4.36. The Hall–Kier alpha value is -2.22. The van der Waals surface area contributed by atoms with Gasteiger partial charge in [-0.1, -0.05) is 0 Å². The smallest absolute Gasteiger partial charge is 0.330 e. The maximum absolute atomic E-state index is 11.8. The van der Waals surface area contributed by atoms with E-state index in [9.17, 15) is 14.9 Å². The quantitative estimate of drug-likeness (QED) is 0.456. The van der Waals surface area contributed by atoms with Crippen LogP contribution in [-0.2, 0) is 14.3 Å². The fourth-order valence-electron chi connectivity index (χ4n) is 2.08. The summed E-state index contributed by atoms with van der Waals surface area (Å²) in [6.07, 6.45) is 0. The lowest BCUT2D eigenvalue weighted by Crippen LogP contribution is -2.51. The molecule has 2 heterocycles. The Labute approximate surface area is 115 Å². The number of nitro groups is 1. The molecule has 108 valence electrons. The maximum Gasteiger partial charge on any atom is 0.330 e. The van der Waals surface area contributed by atoms with Gasteiger partial charge in [0.05, 0.1) is 25.2 Å². The van der Waals surface area contributed by atoms with Crippen LogP contribution in [0.1, 0.15) is 5.69 Å². The number of methoxy groups -OCH3 is 1. The zero-order valence-electron chi connectivity index (χ0n) is 11.2. The number of nitrogens with zero attached hydrogens (tertiary/aromatic N) is 3. The van der Waals surface area contributed by atoms with Crippen molar-refractivity contribution in [3.63, 3.8) is 0 Å². The van der Waals surface area contributed by atoms with E-state index in [0.29, 0.717) is 18.8 Å². The second kappa shape index (κ2) is 5.83. The van der Waals surface area contributed by atoms with Gasteiger partial charge >= 0.3 is 11.7 Å². The summed E-state index contributed by atoms with van der Waals surface area (Å²) in [7, 11) is 1.27. The number of carbonyl (C=O) groups is 1. The van der Waals surface area contributed by atoms with Crippen molar-refractivity contribution in [2.45, 2.75) is 13.0 Å². The van der Waals surface area contributed by atoms with Crippen LogP contribution in [0.2, 0.25) is 0 Å². The van der Waals surface area contributed by atoms with E-state index in [-0.39, 0.29) is 18.1 Å². The largest absolute Gasteiger partial charge is 0.467 e. The number of hydrogen-bond donors (Lipinski definition) is 0. The first-order chi connectivity index (χ1) is 9.54. The molecule has 1 aromatic heterocycles. The number of aromatic nitrogens is 1. The average molecular weight is 281 g/mol. The summed E-state index contributed by atoms with van der Waals surface area (Å²) >= 11 is 0. The van der Waals surface area contributed by atoms with Crippen molar-refractivity contribution in [3.8, 4) is 0 Å². The molecule has 1 atom stereocenters. The van der Waals surface area contributed by atoms with Crippen molar-refractivity contribution in [2.75, 3.05) is 31.8 Å². The van der Waals surface area contributed by atoms with Gasteiger partial charge in [0, 0.05) is 18.3 Å². The van der Waals surface area contributed by atoms with E-state index in [1.54, 1.807) is 17.9 Å². The van der Waals surface area contributed by atoms with Gasteiger partial charge in [0.15, 0.2) is 6.04 Å². The molecule has 0 N–H and O–H groups in total. The third kappa shape index (κ3) is 2.69. The van der Waals surface area contributed by atoms with Gasteiger partial charge < -0.3 is 14.4 Å². The van der Waals surface area contributed by atoms with E-state index < -0.39 is 16.9 Å². The van der Waals surface area contributed by atoms with Gasteiger partial charge in [0.25, 0.3) is 0 Å². The summed E-state index contributed by atoms with van der Waals surface area (Å²) in [4.78, 5) is 28.2. The number of carbonyl (C=O) groups excluding carboxylic acids is 1. The molecular weight excluding hydrogens is 266 g/mol. The Morgan fingerprint density at radius 2 is 2.35 bits per heavy atom. The summed E-state index contributed by atoms with van der Waals surface area (Å²) in [5, 5.41) is 11.1. The predicted octanol–water partition coefficient (Wildman–Crippen LogP) is 0.676. The number of ether oxygens (including phenoxy) is 2. The molecule has 0 radical (unpaired) electrons. The van der Waals surface area contributed by atoms with Crippen LogP contribution in [0.4, 0.5) is 11.5 Å². The van der Waals surface area contributed by atoms with Gasteiger partial charge in [-0.15, -0.1) is 0 Å². The Kier molecular flexibility index (Phi) is 4.14. The van der Waals surface area contributed by atoms with Gasteiger partial charge in [0.1, 0.15) is 0 Å². The van der Waals surface area contributed by atoms with Gasteiger partial charge in [0.2, 0.25) is 5.82 Å². The number of esters is 1. The van der Waals surface area contributed by atoms with Crippen LogP contribution in [0.5, 0.6) is 0 Å². The van der Waals surface area contributed by atoms with E-state index in [4.69, 9.17) is 9.47 Å². The summed E-state index contributed by atoms with van der Waals surface area (Å²) in [5.41, 5.74) is 0.507. The summed E-state index contributed by atoms with van der Waals surface area (Å²) in [5.74, 6) is -0.323. The SMILES string of the molecule is COC(=O)C1COCCN1c1nc(C)ccc1[N+](=O)[O-]. The average Bonchev–Trinajstić information content (AvgIpc) is 2.46. The minimum absolute atomic E-state index is 0.124. The Morgan fingerprint density at radius 3 is 3.00 bits per heavy atom. The van der Waals surface area contributed by atoms with Crippen molar-refractivity contribution in [3.05, 3.63) is 27.9 Å². The number of morpholine rings is 1. The highest BCUT2D eigenvalue weighted by atomic mass is 16.6. The fourth-order valence-corrected chi connectivity index (χ4v) is 2.08. The lowest BCUT2D eigenvalue weighted by atomic mass is 10.2. The first kappa shape index (κ1) is 14.2. The minimum atomic E-state index is -0.721. The number of hydrogen-bond acceptors (Lipinski definition) is 7. The molecule has 1 aliphatic heterocycles. The molecule has 1 fully saturated rings. The van der Waals surface area contributed by atoms with E-state index >= 15 is 0 Å². The Morgan fingerprint density at radius 1 is 1.60 bits per heavy atom. The van der Waals surface area contributed by atoms with E-state index in [1.807, 2.05) is 0 Å². The van der Waals surface area contributed by atoms with E-state index in [0.717, 1.165) is 0 Å². The molecule has 1 saturated heterocycles. The predicted molar refractivity (Wildman–Crippen MR) is 69.6 cm³/mol. The van der Waals surface area contributed by atoms with Crippen molar-refractivity contribution in [2.24, 2.45) is 0 Å². The number of pyridine rings is 1. The molecule has 0 aromatic carbocycles. The molecule has 0 amide bonds. The molecule has 1 aliphatic rings. The van der Waals surface area contributed by atoms with Gasteiger partial charge in [-0.05, 0) is 13.0 Å². The van der Waals surface area contributed by atoms with Gasteiger partial charge in [-0.3, -0.25) is 10.1 Å². The summed E-state index contributed by atoms with van der Waals surface area (Å²) in [6, 6.07) is 2.23. The third-order valence-electron chi connectivity index (χ3n) is 3.06. The lowest BCUT2D eigenvalue weighted by Gasteiger charge is -2.34. The highest BCUT2D eigenvalue weighted by Gasteiger charge is 2.35.